The van der Waals surface area contributed by atoms with Crippen molar-refractivity contribution in [1.82, 2.24) is 36.6 Å². The van der Waals surface area contributed by atoms with Crippen molar-refractivity contribution >= 4 is 72.1 Å². The quantitative estimate of drug-likeness (QED) is 0.0236. The van der Waals surface area contributed by atoms with Crippen molar-refractivity contribution < 1.29 is 87.3 Å². The molecule has 0 heterocycles. The number of rotatable bonds is 55. The second-order valence-corrected chi connectivity index (χ2v) is 19.2. The first-order valence-corrected chi connectivity index (χ1v) is 28.0. The molecule has 0 fully saturated rings. The molecule has 0 aliphatic carbocycles. The number of carboxylic acid groups (broad SMARTS) is 3. The molecule has 0 radical (unpaired) electrons. The number of aliphatic hydroxyl groups is 1. The standard InChI is InChI=1S/C52H92N8O18S/c1-38(61)18-14-12-10-8-6-4-2-3-5-7-9-11-13-15-20-45(64)57-40(50(69)70)22-25-44(63)55-28-30-75-32-34-77-36-47(66)56-29-31-76-33-35-78-37-48(67)59-42(52(73)74)23-26-46(65)58-41(51(71)72)21-24-43(62)54-27-17-16-19-39(60-79)49(53)68/h39-42,60-61,79H,1-37H2,(H2,53,68)(H,54,62)(H,55,63)(H,56,66)(H,57,64)(H,58,65)(H,59,67)(H,69,70)(H,71,72)(H,73,74)/t39-,40-,41-,42-/m0/s1. The Bertz CT molecular complexity index is 1800. The fourth-order valence-electron chi connectivity index (χ4n) is 7.60. The zero-order valence-electron chi connectivity index (χ0n) is 46.0. The van der Waals surface area contributed by atoms with Gasteiger partial charge in [0.15, 0.2) is 0 Å². The van der Waals surface area contributed by atoms with Gasteiger partial charge in [0.2, 0.25) is 41.4 Å². The van der Waals surface area contributed by atoms with E-state index in [2.05, 4.69) is 56.0 Å². The summed E-state index contributed by atoms with van der Waals surface area (Å²) in [5, 5.41) is 52.5. The predicted molar refractivity (Wildman–Crippen MR) is 293 cm³/mol. The van der Waals surface area contributed by atoms with Crippen LogP contribution in [-0.2, 0) is 66.9 Å². The molecule has 0 bridgehead atoms. The molecule has 0 aromatic rings. The van der Waals surface area contributed by atoms with E-state index < -0.39 is 84.6 Å². The van der Waals surface area contributed by atoms with E-state index in [1.54, 1.807) is 0 Å². The molecule has 0 aliphatic rings. The first-order chi connectivity index (χ1) is 37.9. The summed E-state index contributed by atoms with van der Waals surface area (Å²) >= 11 is 3.83. The normalized spacial score (nSPS) is 12.5. The lowest BCUT2D eigenvalue weighted by atomic mass is 10.0. The van der Waals surface area contributed by atoms with E-state index in [9.17, 15) is 63.3 Å². The Morgan fingerprint density at radius 3 is 1.15 bits per heavy atom. The van der Waals surface area contributed by atoms with Crippen molar-refractivity contribution in [1.29, 1.82) is 0 Å². The number of aliphatic carboxylic acids is 3. The van der Waals surface area contributed by atoms with Gasteiger partial charge in [-0.2, -0.15) is 0 Å². The number of unbranched alkanes of at least 4 members (excludes halogenated alkanes) is 14. The van der Waals surface area contributed by atoms with Crippen molar-refractivity contribution in [3.8, 4) is 0 Å². The van der Waals surface area contributed by atoms with E-state index in [0.29, 0.717) is 32.1 Å². The molecule has 454 valence electrons. The molecule has 0 rings (SSSR count). The molecule has 13 N–H and O–H groups in total. The van der Waals surface area contributed by atoms with E-state index in [-0.39, 0.29) is 122 Å². The first-order valence-electron chi connectivity index (χ1n) is 27.6. The van der Waals surface area contributed by atoms with Gasteiger partial charge in [-0.1, -0.05) is 96.4 Å². The summed E-state index contributed by atoms with van der Waals surface area (Å²) in [5.74, 6) is -7.53. The second-order valence-electron chi connectivity index (χ2n) is 19.0. The summed E-state index contributed by atoms with van der Waals surface area (Å²) in [6, 6.07) is -4.70. The summed E-state index contributed by atoms with van der Waals surface area (Å²) in [6.07, 6.45) is 16.7. The SMILES string of the molecule is C=C(O)CCCCCCCCCCCCCCCCC(=O)N[C@@H](CCC(=O)NCCOCCOCC(=O)NCCOCCOCC(=O)N[C@@H](CCC(=O)N[C@@H](CCC(=O)NCCCC[C@H](NS)C(N)=O)C(=O)O)C(=O)O)C(=O)O. The molecule has 0 unspecified atom stereocenters. The number of ether oxygens (including phenoxy) is 4. The Hall–Kier alpha value is -5.61. The second kappa shape index (κ2) is 49.4. The van der Waals surface area contributed by atoms with Crippen LogP contribution in [0, 0.1) is 0 Å². The highest BCUT2D eigenvalue weighted by atomic mass is 32.1. The lowest BCUT2D eigenvalue weighted by molar-refractivity contribution is -0.144. The fraction of sp³-hybridized carbons (Fsp3) is 0.769. The lowest BCUT2D eigenvalue weighted by Gasteiger charge is -2.17. The molecule has 0 aromatic heterocycles. The number of carboxylic acids is 3. The van der Waals surface area contributed by atoms with Gasteiger partial charge in [0, 0.05) is 51.7 Å². The molecule has 0 saturated carbocycles. The summed E-state index contributed by atoms with van der Waals surface area (Å²) in [6.45, 7) is 3.78. The summed E-state index contributed by atoms with van der Waals surface area (Å²) in [7, 11) is 0. The molecule has 0 aromatic carbocycles. The Labute approximate surface area is 469 Å². The van der Waals surface area contributed by atoms with E-state index in [1.807, 2.05) is 0 Å². The maximum absolute atomic E-state index is 12.5. The molecule has 4 atom stereocenters. The molecule has 0 aliphatic heterocycles. The molecule has 7 amide bonds. The van der Waals surface area contributed by atoms with Gasteiger partial charge in [-0.25, -0.2) is 14.4 Å². The monoisotopic (exact) mass is 1150 g/mol. The van der Waals surface area contributed by atoms with Crippen molar-refractivity contribution in [2.45, 2.75) is 185 Å². The number of nitrogens with two attached hydrogens (primary N) is 1. The summed E-state index contributed by atoms with van der Waals surface area (Å²) in [5.41, 5.74) is 5.22. The smallest absolute Gasteiger partial charge is 0.326 e. The van der Waals surface area contributed by atoms with Crippen LogP contribution in [0.15, 0.2) is 12.3 Å². The summed E-state index contributed by atoms with van der Waals surface area (Å²) < 4.78 is 23.7. The van der Waals surface area contributed by atoms with Gasteiger partial charge in [-0.05, 0) is 51.4 Å². The number of primary amides is 1. The minimum absolute atomic E-state index is 0.0383. The van der Waals surface area contributed by atoms with Crippen molar-refractivity contribution in [2.75, 3.05) is 72.5 Å². The van der Waals surface area contributed by atoms with Crippen LogP contribution in [0.5, 0.6) is 0 Å². The minimum Gasteiger partial charge on any atom is -0.513 e. The molecule has 26 nitrogen and oxygen atoms in total. The van der Waals surface area contributed by atoms with Gasteiger partial charge >= 0.3 is 17.9 Å². The number of thiol groups is 1. The third kappa shape index (κ3) is 45.9. The van der Waals surface area contributed by atoms with Crippen molar-refractivity contribution in [3.05, 3.63) is 12.3 Å². The zero-order valence-corrected chi connectivity index (χ0v) is 46.9. The average Bonchev–Trinajstić information content (AvgIpc) is 3.39. The van der Waals surface area contributed by atoms with Crippen LogP contribution in [-0.4, -0.2) is 176 Å². The highest BCUT2D eigenvalue weighted by Crippen LogP contribution is 2.15. The van der Waals surface area contributed by atoms with Crippen molar-refractivity contribution in [2.24, 2.45) is 5.73 Å². The zero-order chi connectivity index (χ0) is 58.9. The molecule has 27 heteroatoms. The van der Waals surface area contributed by atoms with Gasteiger partial charge in [0.05, 0.1) is 51.4 Å². The van der Waals surface area contributed by atoms with Crippen LogP contribution in [0.2, 0.25) is 0 Å². The van der Waals surface area contributed by atoms with E-state index in [1.165, 1.54) is 51.4 Å². The number of aliphatic hydroxyl groups excluding tert-OH is 1. The number of carbonyl (C=O) groups is 10. The van der Waals surface area contributed by atoms with Crippen LogP contribution in [0.25, 0.3) is 0 Å². The van der Waals surface area contributed by atoms with Crippen LogP contribution < -0.4 is 42.4 Å². The van der Waals surface area contributed by atoms with Gasteiger partial charge < -0.3 is 77.0 Å². The third-order valence-corrected chi connectivity index (χ3v) is 12.4. The molecular formula is C52H92N8O18S. The number of hydrogen-bond donors (Lipinski definition) is 13. The van der Waals surface area contributed by atoms with E-state index in [0.717, 1.165) is 32.1 Å². The van der Waals surface area contributed by atoms with Gasteiger partial charge in [-0.15, -0.1) is 0 Å². The Morgan fingerprint density at radius 2 is 0.734 bits per heavy atom. The predicted octanol–water partition coefficient (Wildman–Crippen LogP) is 2.22. The van der Waals surface area contributed by atoms with Crippen LogP contribution in [0.3, 0.4) is 0 Å². The first kappa shape index (κ1) is 73.4. The number of carbonyl (C=O) groups excluding carboxylic acids is 7. The number of nitrogens with one attached hydrogen (secondary N) is 7. The molecular weight excluding hydrogens is 1060 g/mol. The largest absolute Gasteiger partial charge is 0.513 e. The number of amides is 7. The molecule has 0 saturated heterocycles. The van der Waals surface area contributed by atoms with Gasteiger partial charge in [0.25, 0.3) is 0 Å². The highest BCUT2D eigenvalue weighted by Gasteiger charge is 2.25. The number of hydrogen-bond acceptors (Lipinski definition) is 17. The maximum atomic E-state index is 12.5. The van der Waals surface area contributed by atoms with E-state index in [4.69, 9.17) is 29.8 Å². The topological polar surface area (TPSA) is 399 Å². The van der Waals surface area contributed by atoms with Crippen LogP contribution in [0.4, 0.5) is 0 Å². The third-order valence-electron chi connectivity index (χ3n) is 12.1. The Morgan fingerprint density at radius 1 is 0.380 bits per heavy atom. The van der Waals surface area contributed by atoms with Gasteiger partial charge in [0.1, 0.15) is 31.3 Å². The number of allylic oxidation sites excluding steroid dienone is 1. The van der Waals surface area contributed by atoms with Crippen molar-refractivity contribution in [3.63, 3.8) is 0 Å². The Balaban J connectivity index is 3.97. The highest BCUT2D eigenvalue weighted by molar-refractivity contribution is 7.78. The fourth-order valence-corrected chi connectivity index (χ4v) is 7.85. The van der Waals surface area contributed by atoms with E-state index >= 15 is 0 Å². The van der Waals surface area contributed by atoms with Gasteiger partial charge in [-0.3, -0.25) is 38.3 Å². The average molecular weight is 1150 g/mol. The maximum Gasteiger partial charge on any atom is 0.326 e. The summed E-state index contributed by atoms with van der Waals surface area (Å²) in [4.78, 5) is 120. The van der Waals surface area contributed by atoms with Crippen LogP contribution in [0.1, 0.15) is 161 Å². The van der Waals surface area contributed by atoms with Crippen LogP contribution >= 0.6 is 12.8 Å². The minimum atomic E-state index is -1.49. The molecule has 0 spiro atoms. The molecule has 79 heavy (non-hydrogen) atoms. The lowest BCUT2D eigenvalue weighted by Crippen LogP contribution is -2.45. The Kier molecular flexibility index (Phi) is 45.9.